The Bertz CT molecular complexity index is 904. The SMILES string of the molecule is CNc1cc2c(nn1)CCN(C(=O)c1cccc(-n3cccc3)c1)C2. The van der Waals surface area contributed by atoms with Gasteiger partial charge in [0.05, 0.1) is 5.69 Å². The third-order valence-electron chi connectivity index (χ3n) is 4.48. The molecule has 6 heteroatoms. The van der Waals surface area contributed by atoms with Crippen LogP contribution < -0.4 is 5.32 Å². The zero-order chi connectivity index (χ0) is 17.2. The van der Waals surface area contributed by atoms with Crippen LogP contribution in [0.5, 0.6) is 0 Å². The van der Waals surface area contributed by atoms with Crippen molar-refractivity contribution in [2.45, 2.75) is 13.0 Å². The number of carbonyl (C=O) groups excluding carboxylic acids is 1. The van der Waals surface area contributed by atoms with Crippen LogP contribution >= 0.6 is 0 Å². The summed E-state index contributed by atoms with van der Waals surface area (Å²) in [6.45, 7) is 1.22. The lowest BCUT2D eigenvalue weighted by atomic mass is 10.0. The Labute approximate surface area is 146 Å². The molecule has 0 saturated carbocycles. The molecule has 3 heterocycles. The van der Waals surface area contributed by atoms with Crippen molar-refractivity contribution in [1.29, 1.82) is 0 Å². The highest BCUT2D eigenvalue weighted by Crippen LogP contribution is 2.21. The van der Waals surface area contributed by atoms with Crippen molar-refractivity contribution in [1.82, 2.24) is 19.7 Å². The zero-order valence-electron chi connectivity index (χ0n) is 14.0. The van der Waals surface area contributed by atoms with E-state index in [1.54, 1.807) is 0 Å². The molecule has 0 radical (unpaired) electrons. The quantitative estimate of drug-likeness (QED) is 0.800. The predicted molar refractivity (Wildman–Crippen MR) is 95.8 cm³/mol. The zero-order valence-corrected chi connectivity index (χ0v) is 14.0. The number of rotatable bonds is 3. The normalized spacial score (nSPS) is 13.4. The maximum Gasteiger partial charge on any atom is 0.254 e. The third-order valence-corrected chi connectivity index (χ3v) is 4.48. The highest BCUT2D eigenvalue weighted by Gasteiger charge is 2.23. The Hall–Kier alpha value is -3.15. The standard InChI is InChI=1S/C19H19N5O/c1-20-18-12-15-13-24(10-7-17(15)21-22-18)19(25)14-5-4-6-16(11-14)23-8-2-3-9-23/h2-6,8-9,11-12H,7,10,13H2,1H3,(H,20,22). The highest BCUT2D eigenvalue weighted by atomic mass is 16.2. The Balaban J connectivity index is 1.58. The molecule has 1 aromatic carbocycles. The number of carbonyl (C=O) groups is 1. The van der Waals surface area contributed by atoms with Crippen LogP contribution in [0.3, 0.4) is 0 Å². The van der Waals surface area contributed by atoms with E-state index in [9.17, 15) is 4.79 Å². The van der Waals surface area contributed by atoms with E-state index in [4.69, 9.17) is 0 Å². The van der Waals surface area contributed by atoms with E-state index in [0.29, 0.717) is 18.7 Å². The molecule has 2 aromatic heterocycles. The second-order valence-electron chi connectivity index (χ2n) is 6.07. The van der Waals surface area contributed by atoms with Gasteiger partial charge in [0.25, 0.3) is 5.91 Å². The molecule has 1 aliphatic rings. The van der Waals surface area contributed by atoms with E-state index in [1.807, 2.05) is 71.4 Å². The summed E-state index contributed by atoms with van der Waals surface area (Å²) in [5.74, 6) is 0.769. The molecule has 25 heavy (non-hydrogen) atoms. The van der Waals surface area contributed by atoms with Gasteiger partial charge in [-0.1, -0.05) is 6.07 Å². The summed E-state index contributed by atoms with van der Waals surface area (Å²) in [7, 11) is 1.81. The Morgan fingerprint density at radius 3 is 2.76 bits per heavy atom. The van der Waals surface area contributed by atoms with Gasteiger partial charge in [0, 0.05) is 50.2 Å². The maximum atomic E-state index is 13.0. The van der Waals surface area contributed by atoms with E-state index in [-0.39, 0.29) is 5.91 Å². The Morgan fingerprint density at radius 1 is 1.12 bits per heavy atom. The van der Waals surface area contributed by atoms with Crippen LogP contribution in [-0.2, 0) is 13.0 Å². The summed E-state index contributed by atoms with van der Waals surface area (Å²) in [6.07, 6.45) is 4.67. The third kappa shape index (κ3) is 2.98. The van der Waals surface area contributed by atoms with Crippen molar-refractivity contribution in [3.63, 3.8) is 0 Å². The number of nitrogens with zero attached hydrogens (tertiary/aromatic N) is 4. The first-order valence-electron chi connectivity index (χ1n) is 8.30. The number of hydrogen-bond acceptors (Lipinski definition) is 4. The molecule has 6 nitrogen and oxygen atoms in total. The van der Waals surface area contributed by atoms with Crippen molar-refractivity contribution >= 4 is 11.7 Å². The number of anilines is 1. The molecular weight excluding hydrogens is 314 g/mol. The van der Waals surface area contributed by atoms with Crippen LogP contribution in [-0.4, -0.2) is 39.2 Å². The maximum absolute atomic E-state index is 13.0. The fraction of sp³-hybridized carbons (Fsp3) is 0.211. The van der Waals surface area contributed by atoms with Gasteiger partial charge in [0.15, 0.2) is 0 Å². The fourth-order valence-corrected chi connectivity index (χ4v) is 3.11. The van der Waals surface area contributed by atoms with Gasteiger partial charge in [-0.15, -0.1) is 5.10 Å². The Morgan fingerprint density at radius 2 is 1.96 bits per heavy atom. The summed E-state index contributed by atoms with van der Waals surface area (Å²) >= 11 is 0. The molecule has 1 aliphatic heterocycles. The van der Waals surface area contributed by atoms with Crippen molar-refractivity contribution in [2.75, 3.05) is 18.9 Å². The smallest absolute Gasteiger partial charge is 0.254 e. The summed E-state index contributed by atoms with van der Waals surface area (Å²) in [5, 5.41) is 11.4. The molecule has 0 unspecified atom stereocenters. The summed E-state index contributed by atoms with van der Waals surface area (Å²) < 4.78 is 2.00. The van der Waals surface area contributed by atoms with Crippen molar-refractivity contribution in [3.8, 4) is 5.69 Å². The summed E-state index contributed by atoms with van der Waals surface area (Å²) in [5.41, 5.74) is 3.71. The summed E-state index contributed by atoms with van der Waals surface area (Å²) in [6, 6.07) is 13.6. The molecule has 0 bridgehead atoms. The van der Waals surface area contributed by atoms with Crippen molar-refractivity contribution in [3.05, 3.63) is 71.7 Å². The minimum absolute atomic E-state index is 0.0440. The largest absolute Gasteiger partial charge is 0.372 e. The van der Waals surface area contributed by atoms with Crippen LogP contribution in [0.1, 0.15) is 21.6 Å². The molecule has 0 saturated heterocycles. The molecule has 3 aromatic rings. The predicted octanol–water partition coefficient (Wildman–Crippen LogP) is 2.51. The second kappa shape index (κ2) is 6.39. The van der Waals surface area contributed by atoms with Gasteiger partial charge in [-0.3, -0.25) is 4.79 Å². The monoisotopic (exact) mass is 333 g/mol. The van der Waals surface area contributed by atoms with Crippen molar-refractivity contribution in [2.24, 2.45) is 0 Å². The van der Waals surface area contributed by atoms with Gasteiger partial charge in [-0.2, -0.15) is 5.10 Å². The molecule has 1 N–H and O–H groups in total. The molecule has 0 fully saturated rings. The molecule has 1 amide bonds. The lowest BCUT2D eigenvalue weighted by Crippen LogP contribution is -2.36. The number of nitrogens with one attached hydrogen (secondary N) is 1. The lowest BCUT2D eigenvalue weighted by molar-refractivity contribution is 0.0733. The topological polar surface area (TPSA) is 63.1 Å². The first-order valence-corrected chi connectivity index (χ1v) is 8.30. The first kappa shape index (κ1) is 15.4. The number of benzene rings is 1. The minimum atomic E-state index is 0.0440. The molecule has 4 rings (SSSR count). The van der Waals surface area contributed by atoms with E-state index in [1.165, 1.54) is 0 Å². The lowest BCUT2D eigenvalue weighted by Gasteiger charge is -2.28. The average Bonchev–Trinajstić information content (AvgIpc) is 3.21. The number of amides is 1. The van der Waals surface area contributed by atoms with Gasteiger partial charge in [0.2, 0.25) is 0 Å². The molecular formula is C19H19N5O. The van der Waals surface area contributed by atoms with Crippen LogP contribution in [0.15, 0.2) is 54.9 Å². The molecule has 0 spiro atoms. The number of hydrogen-bond donors (Lipinski definition) is 1. The second-order valence-corrected chi connectivity index (χ2v) is 6.07. The first-order chi connectivity index (χ1) is 12.2. The van der Waals surface area contributed by atoms with E-state index >= 15 is 0 Å². The molecule has 0 aliphatic carbocycles. The fourth-order valence-electron chi connectivity index (χ4n) is 3.11. The van der Waals surface area contributed by atoms with E-state index < -0.39 is 0 Å². The van der Waals surface area contributed by atoms with Gasteiger partial charge in [-0.05, 0) is 42.0 Å². The van der Waals surface area contributed by atoms with Gasteiger partial charge >= 0.3 is 0 Å². The Kier molecular flexibility index (Phi) is 3.93. The number of fused-ring (bicyclic) bond motifs is 1. The van der Waals surface area contributed by atoms with Gasteiger partial charge < -0.3 is 14.8 Å². The van der Waals surface area contributed by atoms with Gasteiger partial charge in [-0.25, -0.2) is 0 Å². The average molecular weight is 333 g/mol. The van der Waals surface area contributed by atoms with Gasteiger partial charge in [0.1, 0.15) is 5.82 Å². The minimum Gasteiger partial charge on any atom is -0.372 e. The van der Waals surface area contributed by atoms with Crippen molar-refractivity contribution < 1.29 is 4.79 Å². The molecule has 0 atom stereocenters. The summed E-state index contributed by atoms with van der Waals surface area (Å²) in [4.78, 5) is 14.8. The van der Waals surface area contributed by atoms with Crippen LogP contribution in [0.4, 0.5) is 5.82 Å². The van der Waals surface area contributed by atoms with Crippen LogP contribution in [0.2, 0.25) is 0 Å². The van der Waals surface area contributed by atoms with E-state index in [0.717, 1.165) is 29.2 Å². The van der Waals surface area contributed by atoms with Crippen LogP contribution in [0.25, 0.3) is 5.69 Å². The molecule has 126 valence electrons. The number of aromatic nitrogens is 3. The van der Waals surface area contributed by atoms with E-state index in [2.05, 4.69) is 15.5 Å². The van der Waals surface area contributed by atoms with Crippen LogP contribution in [0, 0.1) is 0 Å². The highest BCUT2D eigenvalue weighted by molar-refractivity contribution is 5.94.